The molecule has 1 aliphatic rings. The molecule has 1 fully saturated rings. The van der Waals surface area contributed by atoms with E-state index in [2.05, 4.69) is 80.9 Å². The molecule has 1 saturated heterocycles. The van der Waals surface area contributed by atoms with Crippen LogP contribution in [-0.4, -0.2) is 69.5 Å². The van der Waals surface area contributed by atoms with E-state index in [4.69, 9.17) is 0 Å². The van der Waals surface area contributed by atoms with Gasteiger partial charge < -0.3 is 10.0 Å². The largest absolute Gasteiger partial charge is 0.396 e. The van der Waals surface area contributed by atoms with E-state index in [1.807, 2.05) is 10.7 Å². The number of hydrogen-bond donors (Lipinski definition) is 1. The van der Waals surface area contributed by atoms with Crippen molar-refractivity contribution in [2.75, 3.05) is 38.2 Å². The van der Waals surface area contributed by atoms with Crippen molar-refractivity contribution in [1.29, 1.82) is 0 Å². The monoisotopic (exact) mass is 378 g/mol. The van der Waals surface area contributed by atoms with Crippen molar-refractivity contribution in [2.45, 2.75) is 19.0 Å². The first-order valence-corrected chi connectivity index (χ1v) is 9.71. The molecule has 146 valence electrons. The number of anilines is 1. The predicted molar refractivity (Wildman–Crippen MR) is 109 cm³/mol. The minimum Gasteiger partial charge on any atom is -0.396 e. The van der Waals surface area contributed by atoms with Gasteiger partial charge in [-0.25, -0.2) is 4.68 Å². The van der Waals surface area contributed by atoms with Gasteiger partial charge in [-0.3, -0.25) is 4.90 Å². The normalized spacial score (nSPS) is 17.8. The Bertz CT molecular complexity index is 879. The van der Waals surface area contributed by atoms with Crippen LogP contribution in [-0.2, 0) is 6.54 Å². The molecule has 0 aliphatic carbocycles. The minimum absolute atomic E-state index is 0.196. The average Bonchev–Trinajstić information content (AvgIpc) is 3.19. The summed E-state index contributed by atoms with van der Waals surface area (Å²) in [7, 11) is 2.11. The van der Waals surface area contributed by atoms with E-state index in [0.29, 0.717) is 12.6 Å². The van der Waals surface area contributed by atoms with Gasteiger partial charge in [-0.1, -0.05) is 59.7 Å². The maximum absolute atomic E-state index is 9.32. The molecule has 0 radical (unpaired) electrons. The number of hydrogen-bond acceptors (Lipinski definition) is 6. The Morgan fingerprint density at radius 3 is 2.50 bits per heavy atom. The molecule has 1 aliphatic heterocycles. The van der Waals surface area contributed by atoms with Crippen LogP contribution in [0.5, 0.6) is 0 Å². The van der Waals surface area contributed by atoms with Crippen LogP contribution in [0.4, 0.5) is 5.95 Å². The third-order valence-electron chi connectivity index (χ3n) is 5.43. The van der Waals surface area contributed by atoms with Gasteiger partial charge in [0.2, 0.25) is 5.95 Å². The Balaban J connectivity index is 1.47. The third-order valence-corrected chi connectivity index (χ3v) is 5.43. The van der Waals surface area contributed by atoms with Crippen molar-refractivity contribution in [3.63, 3.8) is 0 Å². The van der Waals surface area contributed by atoms with Crippen molar-refractivity contribution in [3.8, 4) is 11.1 Å². The van der Waals surface area contributed by atoms with E-state index in [1.165, 1.54) is 11.1 Å². The predicted octanol–water partition coefficient (Wildman–Crippen LogP) is 1.89. The van der Waals surface area contributed by atoms with Gasteiger partial charge in [-0.2, -0.15) is 0 Å². The fraction of sp³-hybridized carbons (Fsp3) is 0.381. The van der Waals surface area contributed by atoms with Gasteiger partial charge in [-0.15, -0.1) is 0 Å². The molecule has 3 aromatic rings. The summed E-state index contributed by atoms with van der Waals surface area (Å²) in [6.45, 7) is 3.47. The van der Waals surface area contributed by atoms with E-state index in [1.54, 1.807) is 0 Å². The number of aliphatic hydroxyl groups excluding tert-OH is 1. The molecule has 1 atom stereocenters. The second-order valence-corrected chi connectivity index (χ2v) is 7.29. The van der Waals surface area contributed by atoms with E-state index >= 15 is 0 Å². The van der Waals surface area contributed by atoms with E-state index in [-0.39, 0.29) is 6.61 Å². The van der Waals surface area contributed by atoms with Gasteiger partial charge in [0.05, 0.1) is 6.54 Å². The Morgan fingerprint density at radius 2 is 1.75 bits per heavy atom. The third kappa shape index (κ3) is 4.05. The number of nitrogens with zero attached hydrogens (tertiary/aromatic N) is 6. The van der Waals surface area contributed by atoms with Gasteiger partial charge >= 0.3 is 0 Å². The van der Waals surface area contributed by atoms with E-state index in [0.717, 1.165) is 37.6 Å². The lowest BCUT2D eigenvalue weighted by molar-refractivity contribution is 0.169. The summed E-state index contributed by atoms with van der Waals surface area (Å²) < 4.78 is 1.86. The molecule has 28 heavy (non-hydrogen) atoms. The van der Waals surface area contributed by atoms with Gasteiger partial charge in [-0.05, 0) is 40.6 Å². The number of piperazine rings is 1. The summed E-state index contributed by atoms with van der Waals surface area (Å²) in [6, 6.07) is 19.2. The first-order chi connectivity index (χ1) is 13.7. The van der Waals surface area contributed by atoms with Crippen LogP contribution in [0.3, 0.4) is 0 Å². The highest BCUT2D eigenvalue weighted by molar-refractivity contribution is 5.63. The number of aliphatic hydroxyl groups is 1. The molecule has 4 rings (SSSR count). The Kier molecular flexibility index (Phi) is 5.64. The molecule has 0 spiro atoms. The maximum atomic E-state index is 9.32. The van der Waals surface area contributed by atoms with Gasteiger partial charge in [0.15, 0.2) is 0 Å². The Morgan fingerprint density at radius 1 is 1.00 bits per heavy atom. The number of rotatable bonds is 6. The summed E-state index contributed by atoms with van der Waals surface area (Å²) >= 11 is 0. The summed E-state index contributed by atoms with van der Waals surface area (Å²) in [5.41, 5.74) is 3.57. The van der Waals surface area contributed by atoms with Crippen molar-refractivity contribution in [1.82, 2.24) is 25.1 Å². The minimum atomic E-state index is 0.196. The quantitative estimate of drug-likeness (QED) is 0.706. The SMILES string of the molecule is CN1CCN(c2nnnn2Cc2ccc(-c3ccccc3)cc2)CC1CCO. The van der Waals surface area contributed by atoms with Crippen LogP contribution in [0.15, 0.2) is 54.6 Å². The fourth-order valence-corrected chi connectivity index (χ4v) is 3.72. The molecule has 7 nitrogen and oxygen atoms in total. The lowest BCUT2D eigenvalue weighted by Crippen LogP contribution is -2.52. The average molecular weight is 378 g/mol. The molecule has 1 unspecified atom stereocenters. The zero-order chi connectivity index (χ0) is 19.3. The Labute approximate surface area is 165 Å². The highest BCUT2D eigenvalue weighted by atomic mass is 16.3. The van der Waals surface area contributed by atoms with Crippen molar-refractivity contribution in [2.24, 2.45) is 0 Å². The van der Waals surface area contributed by atoms with Crippen LogP contribution in [0.25, 0.3) is 11.1 Å². The molecule has 2 aromatic carbocycles. The molecule has 0 saturated carbocycles. The van der Waals surface area contributed by atoms with E-state index in [9.17, 15) is 5.11 Å². The summed E-state index contributed by atoms with van der Waals surface area (Å²) in [5.74, 6) is 0.795. The number of likely N-dealkylation sites (N-methyl/N-ethyl adjacent to an activating group) is 1. The van der Waals surface area contributed by atoms with Crippen LogP contribution in [0.1, 0.15) is 12.0 Å². The van der Waals surface area contributed by atoms with Gasteiger partial charge in [0.25, 0.3) is 0 Å². The van der Waals surface area contributed by atoms with Crippen LogP contribution >= 0.6 is 0 Å². The molecule has 1 N–H and O–H groups in total. The molecule has 0 bridgehead atoms. The first-order valence-electron chi connectivity index (χ1n) is 9.71. The van der Waals surface area contributed by atoms with E-state index < -0.39 is 0 Å². The molecule has 1 aromatic heterocycles. The lowest BCUT2D eigenvalue weighted by Gasteiger charge is -2.39. The topological polar surface area (TPSA) is 70.3 Å². The smallest absolute Gasteiger partial charge is 0.245 e. The number of tetrazole rings is 1. The van der Waals surface area contributed by atoms with Crippen molar-refractivity contribution in [3.05, 3.63) is 60.2 Å². The second-order valence-electron chi connectivity index (χ2n) is 7.29. The van der Waals surface area contributed by atoms with Crippen LogP contribution in [0.2, 0.25) is 0 Å². The number of aromatic nitrogens is 4. The van der Waals surface area contributed by atoms with Gasteiger partial charge in [0, 0.05) is 32.3 Å². The second kappa shape index (κ2) is 8.50. The summed E-state index contributed by atoms with van der Waals surface area (Å²) in [4.78, 5) is 4.52. The summed E-state index contributed by atoms with van der Waals surface area (Å²) in [6.07, 6.45) is 0.759. The van der Waals surface area contributed by atoms with Crippen molar-refractivity contribution >= 4 is 5.95 Å². The standard InChI is InChI=1S/C21H26N6O/c1-25-12-13-26(16-20(25)11-14-28)21-22-23-24-27(21)15-17-7-9-19(10-8-17)18-5-3-2-4-6-18/h2-10,20,28H,11-16H2,1H3. The molecule has 0 amide bonds. The lowest BCUT2D eigenvalue weighted by atomic mass is 10.0. The van der Waals surface area contributed by atoms with Crippen LogP contribution < -0.4 is 4.90 Å². The zero-order valence-electron chi connectivity index (χ0n) is 16.1. The highest BCUT2D eigenvalue weighted by Gasteiger charge is 2.27. The molecular formula is C21H26N6O. The molecule has 7 heteroatoms. The van der Waals surface area contributed by atoms with Gasteiger partial charge in [0.1, 0.15) is 0 Å². The highest BCUT2D eigenvalue weighted by Crippen LogP contribution is 2.21. The molecule has 2 heterocycles. The molecular weight excluding hydrogens is 352 g/mol. The zero-order valence-corrected chi connectivity index (χ0v) is 16.1. The fourth-order valence-electron chi connectivity index (χ4n) is 3.72. The summed E-state index contributed by atoms with van der Waals surface area (Å²) in [5, 5.41) is 21.7. The first kappa shape index (κ1) is 18.6. The maximum Gasteiger partial charge on any atom is 0.245 e. The van der Waals surface area contributed by atoms with Crippen LogP contribution in [0, 0.1) is 0 Å². The Hall–Kier alpha value is -2.77. The van der Waals surface area contributed by atoms with Crippen molar-refractivity contribution < 1.29 is 5.11 Å². The number of benzene rings is 2.